The number of hydrogen-bond donors (Lipinski definition) is 22. The molecule has 37 atom stereocenters. The molecule has 7 saturated heterocycles. The Morgan fingerprint density at radius 3 is 1.02 bits per heavy atom. The van der Waals surface area contributed by atoms with Gasteiger partial charge in [0, 0.05) is 20.3 Å². The van der Waals surface area contributed by atoms with Gasteiger partial charge in [-0.3, -0.25) is 14.4 Å². The SMILES string of the molecule is CCCCCCCCCCCCC/C=C/[C@@H](O)[C@H](CO[C@@H]1OC(CO)[C@@H](O[C@@H]2OC(CO)[C@H](O)[C@H](O[C@@H]3OC(CO)[C@@H](O[C@H]4OC(C)[C@@H](O)C(O)[C@@H]4O)[C@H](O[C@@H]4OC(CO)[C@H](O)[C@H](O[C@@H]5OC(CO)[C@@H](O)[C@H](O[C@H]6OC(C)[C@@H](O)C(O)[C@@H]6O)C5NC(C)=O)C4O)C3NC(C)=O)C2O)[C@H](O)C1O)NC(=O)CCCCCCCCCCCCCCCCCCCCCCCCC. The first-order chi connectivity index (χ1) is 62.0. The molecule has 0 saturated carbocycles. The van der Waals surface area contributed by atoms with Crippen LogP contribution in [0.1, 0.15) is 273 Å². The number of carbonyl (C=O) groups is 3. The van der Waals surface area contributed by atoms with Crippen molar-refractivity contribution in [2.24, 2.45) is 0 Å². The van der Waals surface area contributed by atoms with Gasteiger partial charge in [-0.2, -0.15) is 0 Å². The zero-order valence-electron chi connectivity index (χ0n) is 76.7. The van der Waals surface area contributed by atoms with Gasteiger partial charge < -0.3 is 179 Å². The molecule has 0 aromatic carbocycles. The van der Waals surface area contributed by atoms with Crippen molar-refractivity contribution in [3.05, 3.63) is 12.2 Å². The van der Waals surface area contributed by atoms with Gasteiger partial charge in [-0.05, 0) is 33.1 Å². The Kier molecular flexibility index (Phi) is 52.9. The van der Waals surface area contributed by atoms with Crippen molar-refractivity contribution in [2.45, 2.75) is 500 Å². The fourth-order valence-corrected chi connectivity index (χ4v) is 17.9. The number of amides is 3. The van der Waals surface area contributed by atoms with E-state index in [0.29, 0.717) is 12.8 Å². The highest BCUT2D eigenvalue weighted by atomic mass is 16.8. The zero-order valence-corrected chi connectivity index (χ0v) is 76.7. The second-order valence-corrected chi connectivity index (χ2v) is 36.3. The van der Waals surface area contributed by atoms with Crippen LogP contribution in [-0.4, -0.2) is 381 Å². The molecule has 7 heterocycles. The van der Waals surface area contributed by atoms with Gasteiger partial charge in [-0.1, -0.05) is 231 Å². The van der Waals surface area contributed by atoms with Crippen molar-refractivity contribution < 1.29 is 178 Å². The molecule has 7 aliphatic heterocycles. The largest absolute Gasteiger partial charge is 0.394 e. The van der Waals surface area contributed by atoms with Crippen molar-refractivity contribution in [1.82, 2.24) is 16.0 Å². The molecule has 22 N–H and O–H groups in total. The van der Waals surface area contributed by atoms with Crippen molar-refractivity contribution in [1.29, 1.82) is 0 Å². The summed E-state index contributed by atoms with van der Waals surface area (Å²) in [5.74, 6) is -2.17. The standard InChI is InChI=1S/C90H163N3O36/c1-7-9-11-13-15-17-19-21-22-23-24-25-26-27-28-29-30-32-34-36-38-40-42-44-62(102)93-55(56(101)43-41-39-37-35-33-31-20-18-16-14-12-10-8-2)50-116-86-75(113)72(110)78(60(48-97)123-86)124-89-76(114)82(68(106)58(46-95)120-89)129-85-64(92-54(6)100)81(79(61(49-98)122-85)125-87-73(111)70(108)65(103)51(3)117-87)127-90-77(115)83(69(107)59(47-96)121-90)128-84-63(91-53(5)99)80(67(105)57(45-94)119-84)126-88-74(112)71(109)66(104)52(4)118-88/h41,43,51-52,55-61,63-90,94-98,101,103-115H,7-40,42,44-50H2,1-6H3,(H,91,99)(H,92,100)(H,93,102)/b43-41+/t51?,52?,55-,56+,57?,58?,59?,60?,61?,63?,64?,65+,66+,67+,68-,69-,70?,71?,72+,73-,74-,75?,76?,77?,78+,79+,80+,81+,82-,83-,84-,85-,86+,87+,88+,89-,90-/m0/s1. The number of aliphatic hydroxyl groups is 19. The van der Waals surface area contributed by atoms with Gasteiger partial charge in [0.25, 0.3) is 0 Å². The molecule has 0 radical (unpaired) electrons. The lowest BCUT2D eigenvalue weighted by molar-refractivity contribution is -0.396. The lowest BCUT2D eigenvalue weighted by Crippen LogP contribution is -2.72. The Hall–Kier alpha value is -3.17. The smallest absolute Gasteiger partial charge is 0.220 e. The van der Waals surface area contributed by atoms with E-state index in [2.05, 4.69) is 29.8 Å². The van der Waals surface area contributed by atoms with Gasteiger partial charge in [0.05, 0.1) is 64.0 Å². The molecule has 0 bridgehead atoms. The molecule has 0 aliphatic carbocycles. The Bertz CT molecular complexity index is 3040. The van der Waals surface area contributed by atoms with Crippen LogP contribution in [0, 0.1) is 0 Å². The first kappa shape index (κ1) is 113. The summed E-state index contributed by atoms with van der Waals surface area (Å²) in [6.07, 6.45) is -20.1. The van der Waals surface area contributed by atoms with Crippen LogP contribution in [0.25, 0.3) is 0 Å². The maximum Gasteiger partial charge on any atom is 0.220 e. The van der Waals surface area contributed by atoms with Crippen molar-refractivity contribution in [3.8, 4) is 0 Å². The van der Waals surface area contributed by atoms with Gasteiger partial charge in [0.15, 0.2) is 44.0 Å². The van der Waals surface area contributed by atoms with Gasteiger partial charge in [-0.25, -0.2) is 0 Å². The molecule has 0 spiro atoms. The van der Waals surface area contributed by atoms with Crippen LogP contribution in [0.3, 0.4) is 0 Å². The molecular weight excluding hydrogens is 1700 g/mol. The van der Waals surface area contributed by atoms with Crippen molar-refractivity contribution in [2.75, 3.05) is 39.6 Å². The van der Waals surface area contributed by atoms with E-state index in [-0.39, 0.29) is 12.3 Å². The number of nitrogens with one attached hydrogen (secondary N) is 3. The second-order valence-electron chi connectivity index (χ2n) is 36.3. The summed E-state index contributed by atoms with van der Waals surface area (Å²) in [6, 6.07) is -4.87. The minimum absolute atomic E-state index is 0.154. The fourth-order valence-electron chi connectivity index (χ4n) is 17.9. The summed E-state index contributed by atoms with van der Waals surface area (Å²) in [6.45, 7) is 3.26. The van der Waals surface area contributed by atoms with E-state index in [1.807, 2.05) is 6.08 Å². The van der Waals surface area contributed by atoms with E-state index in [4.69, 9.17) is 66.3 Å². The van der Waals surface area contributed by atoms with Gasteiger partial charge in [0.2, 0.25) is 17.7 Å². The molecule has 7 rings (SSSR count). The van der Waals surface area contributed by atoms with Gasteiger partial charge >= 0.3 is 0 Å². The van der Waals surface area contributed by atoms with Crippen molar-refractivity contribution >= 4 is 17.7 Å². The normalized spacial score (nSPS) is 37.5. The third-order valence-corrected chi connectivity index (χ3v) is 25.8. The van der Waals surface area contributed by atoms with Crippen LogP contribution in [0.4, 0.5) is 0 Å². The molecule has 3 amide bonds. The number of ether oxygens (including phenoxy) is 14. The number of aliphatic hydroxyl groups excluding tert-OH is 19. The quantitative estimate of drug-likeness (QED) is 0.0292. The van der Waals surface area contributed by atoms with Crippen molar-refractivity contribution in [3.63, 3.8) is 0 Å². The van der Waals surface area contributed by atoms with E-state index in [1.165, 1.54) is 174 Å². The van der Waals surface area contributed by atoms with Crippen LogP contribution in [-0.2, 0) is 80.7 Å². The Balaban J connectivity index is 1.03. The molecule has 129 heavy (non-hydrogen) atoms. The first-order valence-corrected chi connectivity index (χ1v) is 48.2. The zero-order chi connectivity index (χ0) is 94.2. The highest BCUT2D eigenvalue weighted by Gasteiger charge is 2.60. The van der Waals surface area contributed by atoms with Crippen LogP contribution < -0.4 is 16.0 Å². The number of allylic oxidation sites excluding steroid dienone is 1. The average molecular weight is 1860 g/mol. The van der Waals surface area contributed by atoms with Crippen LogP contribution in [0.2, 0.25) is 0 Å². The molecule has 0 aromatic heterocycles. The van der Waals surface area contributed by atoms with Gasteiger partial charge in [0.1, 0.15) is 159 Å². The summed E-state index contributed by atoms with van der Waals surface area (Å²) in [4.78, 5) is 40.4. The van der Waals surface area contributed by atoms with E-state index < -0.39 is 278 Å². The van der Waals surface area contributed by atoms with Gasteiger partial charge in [-0.15, -0.1) is 0 Å². The molecule has 7 aliphatic rings. The van der Waals surface area contributed by atoms with E-state index >= 15 is 0 Å². The molecule has 0 aromatic rings. The first-order valence-electron chi connectivity index (χ1n) is 48.2. The highest BCUT2D eigenvalue weighted by Crippen LogP contribution is 2.40. The molecule has 14 unspecified atom stereocenters. The minimum atomic E-state index is -2.39. The summed E-state index contributed by atoms with van der Waals surface area (Å²) < 4.78 is 85.0. The van der Waals surface area contributed by atoms with Crippen LogP contribution in [0.5, 0.6) is 0 Å². The number of unbranched alkanes of at least 4 members (excludes halogenated alkanes) is 33. The summed E-state index contributed by atoms with van der Waals surface area (Å²) >= 11 is 0. The maximum atomic E-state index is 13.7. The Morgan fingerprint density at radius 2 is 0.620 bits per heavy atom. The van der Waals surface area contributed by atoms with E-state index in [9.17, 15) is 111 Å². The topological polar surface area (TPSA) is 601 Å². The third kappa shape index (κ3) is 35.0. The molecule has 39 heteroatoms. The Labute approximate surface area is 759 Å². The highest BCUT2D eigenvalue weighted by molar-refractivity contribution is 5.76. The summed E-state index contributed by atoms with van der Waals surface area (Å²) in [5.41, 5.74) is 0. The lowest BCUT2D eigenvalue weighted by Gasteiger charge is -2.52. The summed E-state index contributed by atoms with van der Waals surface area (Å²) in [7, 11) is 0. The number of carbonyl (C=O) groups excluding carboxylic acids is 3. The Morgan fingerprint density at radius 1 is 0.318 bits per heavy atom. The van der Waals surface area contributed by atoms with Crippen LogP contribution >= 0.6 is 0 Å². The predicted octanol–water partition coefficient (Wildman–Crippen LogP) is 0.576. The average Bonchev–Trinajstić information content (AvgIpc) is 0.758. The van der Waals surface area contributed by atoms with E-state index in [1.54, 1.807) is 6.08 Å². The molecular formula is C90H163N3O36. The molecule has 39 nitrogen and oxygen atoms in total. The molecule has 7 fully saturated rings. The fraction of sp³-hybridized carbons (Fsp3) is 0.944. The van der Waals surface area contributed by atoms with E-state index in [0.717, 1.165) is 65.2 Å². The minimum Gasteiger partial charge on any atom is -0.394 e. The third-order valence-electron chi connectivity index (χ3n) is 25.8. The summed E-state index contributed by atoms with van der Waals surface area (Å²) in [5, 5.41) is 223. The number of hydrogen-bond acceptors (Lipinski definition) is 36. The van der Waals surface area contributed by atoms with Crippen LogP contribution in [0.15, 0.2) is 12.2 Å². The number of rotatable bonds is 61. The second kappa shape index (κ2) is 60.5. The molecule has 754 valence electrons. The lowest BCUT2D eigenvalue weighted by atomic mass is 9.93. The monoisotopic (exact) mass is 1860 g/mol. The maximum absolute atomic E-state index is 13.7. The predicted molar refractivity (Wildman–Crippen MR) is 461 cm³/mol.